The molecule has 1 aliphatic rings. The Bertz CT molecular complexity index is 811. The van der Waals surface area contributed by atoms with Gasteiger partial charge in [0.1, 0.15) is 5.75 Å². The van der Waals surface area contributed by atoms with E-state index in [1.165, 1.54) is 0 Å². The molecule has 27 heavy (non-hydrogen) atoms. The second kappa shape index (κ2) is 8.44. The number of rotatable bonds is 4. The number of nitrogens with zero attached hydrogens (tertiary/aromatic N) is 3. The van der Waals surface area contributed by atoms with E-state index in [4.69, 9.17) is 5.73 Å². The molecule has 3 rings (SSSR count). The minimum Gasteiger partial charge on any atom is -0.506 e. The summed E-state index contributed by atoms with van der Waals surface area (Å²) in [6.07, 6.45) is 0. The number of aliphatic imine (C=N–C) groups is 1. The molecule has 1 saturated heterocycles. The van der Waals surface area contributed by atoms with Crippen LogP contribution in [0.4, 0.5) is 5.69 Å². The van der Waals surface area contributed by atoms with Crippen LogP contribution in [0.1, 0.15) is 15.9 Å². The molecule has 1 amide bonds. The standard InChI is InChI=1S/C20H25N5O2/c1-22-20(23-14-15-6-8-16(9-7-15)19(21)27)25-12-10-24(11-13-25)17-4-2-3-5-18(17)26/h2-9,26H,10-14H2,1H3,(H2,21,27)(H,22,23). The molecule has 1 aliphatic heterocycles. The number of phenolic OH excluding ortho intramolecular Hbond substituents is 1. The number of carbonyl (C=O) groups is 1. The number of amides is 1. The second-order valence-electron chi connectivity index (χ2n) is 6.42. The van der Waals surface area contributed by atoms with Gasteiger partial charge in [-0.2, -0.15) is 0 Å². The van der Waals surface area contributed by atoms with Crippen molar-refractivity contribution >= 4 is 17.6 Å². The summed E-state index contributed by atoms with van der Waals surface area (Å²) in [6, 6.07) is 14.6. The first-order valence-corrected chi connectivity index (χ1v) is 8.96. The molecular formula is C20H25N5O2. The SMILES string of the molecule is CN=C(NCc1ccc(C(N)=O)cc1)N1CCN(c2ccccc2O)CC1. The Hall–Kier alpha value is -3.22. The minimum absolute atomic E-state index is 0.313. The Labute approximate surface area is 159 Å². The molecular weight excluding hydrogens is 342 g/mol. The van der Waals surface area contributed by atoms with Crippen LogP contribution in [0.2, 0.25) is 0 Å². The number of carbonyl (C=O) groups excluding carboxylic acids is 1. The van der Waals surface area contributed by atoms with Crippen molar-refractivity contribution in [1.29, 1.82) is 0 Å². The summed E-state index contributed by atoms with van der Waals surface area (Å²) < 4.78 is 0. The zero-order valence-electron chi connectivity index (χ0n) is 15.4. The van der Waals surface area contributed by atoms with E-state index in [-0.39, 0.29) is 0 Å². The Balaban J connectivity index is 1.55. The monoisotopic (exact) mass is 367 g/mol. The third-order valence-electron chi connectivity index (χ3n) is 4.70. The maximum Gasteiger partial charge on any atom is 0.248 e. The average molecular weight is 367 g/mol. The maximum atomic E-state index is 11.1. The Morgan fingerprint density at radius 2 is 1.78 bits per heavy atom. The average Bonchev–Trinajstić information content (AvgIpc) is 2.70. The van der Waals surface area contributed by atoms with Gasteiger partial charge in [0.2, 0.25) is 5.91 Å². The predicted octanol–water partition coefficient (Wildman–Crippen LogP) is 1.39. The van der Waals surface area contributed by atoms with Crippen LogP contribution in [-0.2, 0) is 6.54 Å². The number of hydrogen-bond acceptors (Lipinski definition) is 4. The van der Waals surface area contributed by atoms with Gasteiger partial charge >= 0.3 is 0 Å². The molecule has 7 heteroatoms. The molecule has 0 atom stereocenters. The molecule has 142 valence electrons. The van der Waals surface area contributed by atoms with E-state index in [0.717, 1.165) is 43.4 Å². The number of guanidine groups is 1. The summed E-state index contributed by atoms with van der Waals surface area (Å²) in [5, 5.41) is 13.4. The minimum atomic E-state index is -0.423. The maximum absolute atomic E-state index is 11.1. The lowest BCUT2D eigenvalue weighted by molar-refractivity contribution is 0.100. The number of nitrogens with one attached hydrogen (secondary N) is 1. The molecule has 0 radical (unpaired) electrons. The topological polar surface area (TPSA) is 94.2 Å². The molecule has 0 aliphatic carbocycles. The Kier molecular flexibility index (Phi) is 5.80. The summed E-state index contributed by atoms with van der Waals surface area (Å²) in [4.78, 5) is 19.9. The number of benzene rings is 2. The van der Waals surface area contributed by atoms with E-state index in [9.17, 15) is 9.90 Å². The van der Waals surface area contributed by atoms with Gasteiger partial charge in [-0.1, -0.05) is 24.3 Å². The number of piperazine rings is 1. The second-order valence-corrected chi connectivity index (χ2v) is 6.42. The molecule has 0 bridgehead atoms. The third kappa shape index (κ3) is 4.49. The highest BCUT2D eigenvalue weighted by Gasteiger charge is 2.21. The van der Waals surface area contributed by atoms with Crippen molar-refractivity contribution < 1.29 is 9.90 Å². The highest BCUT2D eigenvalue weighted by atomic mass is 16.3. The fourth-order valence-electron chi connectivity index (χ4n) is 3.19. The number of anilines is 1. The van der Waals surface area contributed by atoms with Crippen molar-refractivity contribution in [3.8, 4) is 5.75 Å². The number of phenols is 1. The van der Waals surface area contributed by atoms with Gasteiger partial charge in [-0.05, 0) is 29.8 Å². The van der Waals surface area contributed by atoms with Crippen LogP contribution >= 0.6 is 0 Å². The van der Waals surface area contributed by atoms with Crippen LogP contribution in [0, 0.1) is 0 Å². The van der Waals surface area contributed by atoms with Crippen LogP contribution in [0.25, 0.3) is 0 Å². The van der Waals surface area contributed by atoms with Gasteiger partial charge < -0.3 is 26.0 Å². The van der Waals surface area contributed by atoms with Crippen LogP contribution in [0.15, 0.2) is 53.5 Å². The first-order valence-electron chi connectivity index (χ1n) is 8.96. The zero-order valence-corrected chi connectivity index (χ0v) is 15.4. The molecule has 0 spiro atoms. The molecule has 0 saturated carbocycles. The quantitative estimate of drug-likeness (QED) is 0.561. The normalized spacial score (nSPS) is 14.9. The van der Waals surface area contributed by atoms with E-state index in [0.29, 0.717) is 17.9 Å². The van der Waals surface area contributed by atoms with E-state index in [1.54, 1.807) is 25.2 Å². The molecule has 4 N–H and O–H groups in total. The van der Waals surface area contributed by atoms with Gasteiger partial charge in [0.05, 0.1) is 5.69 Å². The van der Waals surface area contributed by atoms with Crippen molar-refractivity contribution in [2.75, 3.05) is 38.1 Å². The van der Waals surface area contributed by atoms with Gasteiger partial charge in [-0.3, -0.25) is 9.79 Å². The molecule has 7 nitrogen and oxygen atoms in total. The number of nitrogens with two attached hydrogens (primary N) is 1. The summed E-state index contributed by atoms with van der Waals surface area (Å²) in [6.45, 7) is 3.87. The van der Waals surface area contributed by atoms with E-state index >= 15 is 0 Å². The lowest BCUT2D eigenvalue weighted by Gasteiger charge is -2.37. The zero-order chi connectivity index (χ0) is 19.2. The van der Waals surface area contributed by atoms with Crippen LogP contribution in [0.5, 0.6) is 5.75 Å². The van der Waals surface area contributed by atoms with Gasteiger partial charge in [0, 0.05) is 45.3 Å². The fourth-order valence-corrected chi connectivity index (χ4v) is 3.19. The van der Waals surface area contributed by atoms with Gasteiger partial charge in [0.15, 0.2) is 5.96 Å². The van der Waals surface area contributed by atoms with Crippen molar-refractivity contribution in [3.05, 3.63) is 59.7 Å². The highest BCUT2D eigenvalue weighted by molar-refractivity contribution is 5.92. The molecule has 0 unspecified atom stereocenters. The predicted molar refractivity (Wildman–Crippen MR) is 107 cm³/mol. The first-order chi connectivity index (χ1) is 13.1. The van der Waals surface area contributed by atoms with E-state index in [1.807, 2.05) is 30.3 Å². The molecule has 0 aromatic heterocycles. The largest absolute Gasteiger partial charge is 0.506 e. The van der Waals surface area contributed by atoms with Crippen molar-refractivity contribution in [2.24, 2.45) is 10.7 Å². The van der Waals surface area contributed by atoms with Gasteiger partial charge in [0.25, 0.3) is 0 Å². The first kappa shape index (κ1) is 18.6. The fraction of sp³-hybridized carbons (Fsp3) is 0.300. The van der Waals surface area contributed by atoms with Crippen molar-refractivity contribution in [2.45, 2.75) is 6.54 Å². The summed E-state index contributed by atoms with van der Waals surface area (Å²) >= 11 is 0. The lowest BCUT2D eigenvalue weighted by atomic mass is 10.1. The lowest BCUT2D eigenvalue weighted by Crippen LogP contribution is -2.52. The number of aromatic hydroxyl groups is 1. The summed E-state index contributed by atoms with van der Waals surface area (Å²) in [5.74, 6) is 0.728. The van der Waals surface area contributed by atoms with E-state index < -0.39 is 5.91 Å². The molecule has 1 fully saturated rings. The number of para-hydroxylation sites is 2. The van der Waals surface area contributed by atoms with Crippen LogP contribution in [-0.4, -0.2) is 55.1 Å². The third-order valence-corrected chi connectivity index (χ3v) is 4.70. The van der Waals surface area contributed by atoms with E-state index in [2.05, 4.69) is 20.1 Å². The summed E-state index contributed by atoms with van der Waals surface area (Å²) in [7, 11) is 1.77. The van der Waals surface area contributed by atoms with Crippen molar-refractivity contribution in [1.82, 2.24) is 10.2 Å². The van der Waals surface area contributed by atoms with Gasteiger partial charge in [-0.15, -0.1) is 0 Å². The molecule has 2 aromatic rings. The smallest absolute Gasteiger partial charge is 0.248 e. The Morgan fingerprint density at radius 3 is 2.37 bits per heavy atom. The summed E-state index contributed by atoms with van der Waals surface area (Å²) in [5.41, 5.74) is 7.69. The molecule has 1 heterocycles. The van der Waals surface area contributed by atoms with Gasteiger partial charge in [-0.25, -0.2) is 0 Å². The van der Waals surface area contributed by atoms with Crippen LogP contribution in [0.3, 0.4) is 0 Å². The Morgan fingerprint density at radius 1 is 1.11 bits per heavy atom. The number of hydrogen-bond donors (Lipinski definition) is 3. The van der Waals surface area contributed by atoms with Crippen molar-refractivity contribution in [3.63, 3.8) is 0 Å². The number of primary amides is 1. The molecule has 2 aromatic carbocycles. The van der Waals surface area contributed by atoms with Crippen LogP contribution < -0.4 is 16.0 Å². The highest BCUT2D eigenvalue weighted by Crippen LogP contribution is 2.27.